The second kappa shape index (κ2) is 9.36. The molecule has 4 bridgehead atoms. The van der Waals surface area contributed by atoms with Crippen molar-refractivity contribution in [3.8, 4) is 0 Å². The Labute approximate surface area is 179 Å². The summed E-state index contributed by atoms with van der Waals surface area (Å²) in [5, 5.41) is -4.45. The molecule has 0 radical (unpaired) electrons. The summed E-state index contributed by atoms with van der Waals surface area (Å²) < 4.78 is 60.4. The lowest BCUT2D eigenvalue weighted by atomic mass is 9.49. The molecule has 0 atom stereocenters. The normalized spacial score (nSPS) is 30.6. The molecule has 6 nitrogen and oxygen atoms in total. The van der Waals surface area contributed by atoms with Crippen LogP contribution in [0.1, 0.15) is 73.1 Å². The number of ether oxygens (including phenoxy) is 1. The molecule has 0 amide bonds. The minimum atomic E-state index is -5.56. The lowest BCUT2D eigenvalue weighted by molar-refractivity contribution is -0.176. The summed E-state index contributed by atoms with van der Waals surface area (Å²) >= 11 is 0. The molecule has 0 heterocycles. The molecule has 4 aliphatic rings. The van der Waals surface area contributed by atoms with Crippen LogP contribution in [0.15, 0.2) is 0 Å². The van der Waals surface area contributed by atoms with Crippen LogP contribution in [-0.4, -0.2) is 54.3 Å². The summed E-state index contributed by atoms with van der Waals surface area (Å²) in [5.41, 5.74) is -0.718. The monoisotopic (exact) mass is 453 g/mol. The van der Waals surface area contributed by atoms with Crippen LogP contribution in [0.3, 0.4) is 0 Å². The topological polar surface area (TPSA) is 83.9 Å². The molecular weight excluding hydrogens is 416 g/mol. The standard InChI is InChI=1S/C13H18F2O5S.C8H19N/c14-13(15,21(17,18)19)7-20-11(16)12-4-8-1-9(5-12)3-10(2-8)6-12;1-6-9(7(2)3)8(4)5/h8-10H,1-7H2,(H,17,18,19);7-8H,6H2,1-5H3. The van der Waals surface area contributed by atoms with Crippen molar-refractivity contribution in [2.24, 2.45) is 23.2 Å². The van der Waals surface area contributed by atoms with Crippen molar-refractivity contribution in [2.45, 2.75) is 90.5 Å². The molecule has 0 aromatic carbocycles. The molecule has 0 spiro atoms. The zero-order valence-corrected chi connectivity index (χ0v) is 19.6. The van der Waals surface area contributed by atoms with E-state index in [2.05, 4.69) is 44.3 Å². The Hall–Kier alpha value is -0.800. The van der Waals surface area contributed by atoms with Gasteiger partial charge in [-0.15, -0.1) is 0 Å². The second-order valence-electron chi connectivity index (χ2n) is 9.90. The number of carbonyl (C=O) groups is 1. The van der Waals surface area contributed by atoms with E-state index < -0.39 is 33.4 Å². The maximum atomic E-state index is 13.1. The van der Waals surface area contributed by atoms with Gasteiger partial charge in [-0.2, -0.15) is 17.2 Å². The number of carbonyl (C=O) groups excluding carboxylic acids is 1. The van der Waals surface area contributed by atoms with Crippen molar-refractivity contribution in [2.75, 3.05) is 13.2 Å². The van der Waals surface area contributed by atoms with Gasteiger partial charge in [-0.25, -0.2) is 0 Å². The van der Waals surface area contributed by atoms with Crippen molar-refractivity contribution < 1.29 is 31.3 Å². The Morgan fingerprint density at radius 3 is 1.73 bits per heavy atom. The van der Waals surface area contributed by atoms with Crippen molar-refractivity contribution >= 4 is 16.1 Å². The molecule has 0 aromatic rings. The average Bonchev–Trinajstić information content (AvgIpc) is 2.58. The summed E-state index contributed by atoms with van der Waals surface area (Å²) in [6.45, 7) is 10.7. The van der Waals surface area contributed by atoms with Gasteiger partial charge in [0.25, 0.3) is 0 Å². The first-order valence-electron chi connectivity index (χ1n) is 11.0. The van der Waals surface area contributed by atoms with E-state index >= 15 is 0 Å². The number of hydrogen-bond acceptors (Lipinski definition) is 5. The molecule has 9 heteroatoms. The highest BCUT2D eigenvalue weighted by molar-refractivity contribution is 7.86. The van der Waals surface area contributed by atoms with Crippen LogP contribution in [-0.2, 0) is 19.6 Å². The summed E-state index contributed by atoms with van der Waals surface area (Å²) in [5.74, 6) is 0.618. The first-order chi connectivity index (χ1) is 13.7. The molecule has 0 aromatic heterocycles. The minimum Gasteiger partial charge on any atom is -0.458 e. The highest BCUT2D eigenvalue weighted by Gasteiger charge is 2.56. The second-order valence-corrected chi connectivity index (χ2v) is 11.5. The number of halogens is 2. The molecule has 0 unspecified atom stereocenters. The maximum absolute atomic E-state index is 13.1. The molecular formula is C21H37F2NO5S. The number of alkyl halides is 2. The molecule has 0 saturated heterocycles. The van der Waals surface area contributed by atoms with Crippen LogP contribution in [0, 0.1) is 23.2 Å². The molecule has 4 aliphatic carbocycles. The molecule has 176 valence electrons. The predicted molar refractivity (Wildman–Crippen MR) is 111 cm³/mol. The first-order valence-corrected chi connectivity index (χ1v) is 12.4. The summed E-state index contributed by atoms with van der Waals surface area (Å²) in [4.78, 5) is 14.7. The van der Waals surface area contributed by atoms with Crippen LogP contribution < -0.4 is 0 Å². The van der Waals surface area contributed by atoms with Gasteiger partial charge in [-0.1, -0.05) is 6.92 Å². The average molecular weight is 454 g/mol. The van der Waals surface area contributed by atoms with Gasteiger partial charge >= 0.3 is 21.3 Å². The first kappa shape index (κ1) is 25.5. The molecule has 4 saturated carbocycles. The van der Waals surface area contributed by atoms with Gasteiger partial charge in [0.2, 0.25) is 0 Å². The SMILES string of the molecule is CCN(C(C)C)C(C)C.O=C(OCC(F)(F)S(=O)(=O)O)C12CC3CC(CC(C3)C1)C2. The Morgan fingerprint density at radius 1 is 1.07 bits per heavy atom. The van der Waals surface area contributed by atoms with Crippen LogP contribution in [0.2, 0.25) is 0 Å². The van der Waals surface area contributed by atoms with Gasteiger partial charge in [0.05, 0.1) is 5.41 Å². The fourth-order valence-electron chi connectivity index (χ4n) is 6.06. The molecule has 4 rings (SSSR count). The van der Waals surface area contributed by atoms with Gasteiger partial charge in [0.15, 0.2) is 6.61 Å². The van der Waals surface area contributed by atoms with Gasteiger partial charge in [-0.05, 0) is 90.5 Å². The lowest BCUT2D eigenvalue weighted by Crippen LogP contribution is -2.51. The zero-order chi connectivity index (χ0) is 22.9. The van der Waals surface area contributed by atoms with Crippen molar-refractivity contribution in [1.29, 1.82) is 0 Å². The lowest BCUT2D eigenvalue weighted by Gasteiger charge is -2.55. The fourth-order valence-corrected chi connectivity index (χ4v) is 6.27. The fraction of sp³-hybridized carbons (Fsp3) is 0.952. The van der Waals surface area contributed by atoms with Crippen LogP contribution in [0.5, 0.6) is 0 Å². The van der Waals surface area contributed by atoms with Crippen molar-refractivity contribution in [1.82, 2.24) is 4.90 Å². The third kappa shape index (κ3) is 5.71. The molecule has 30 heavy (non-hydrogen) atoms. The van der Waals surface area contributed by atoms with Crippen LogP contribution >= 0.6 is 0 Å². The van der Waals surface area contributed by atoms with E-state index in [1.54, 1.807) is 0 Å². The molecule has 4 fully saturated rings. The Morgan fingerprint density at radius 2 is 1.47 bits per heavy atom. The summed E-state index contributed by atoms with van der Waals surface area (Å²) in [6, 6.07) is 1.38. The highest BCUT2D eigenvalue weighted by Crippen LogP contribution is 2.60. The van der Waals surface area contributed by atoms with Gasteiger partial charge in [0, 0.05) is 12.1 Å². The number of nitrogens with zero attached hydrogens (tertiary/aromatic N) is 1. The van der Waals surface area contributed by atoms with Gasteiger partial charge in [-0.3, -0.25) is 14.2 Å². The largest absolute Gasteiger partial charge is 0.458 e. The van der Waals surface area contributed by atoms with Gasteiger partial charge in [0.1, 0.15) is 0 Å². The predicted octanol–water partition coefficient (Wildman–Crippen LogP) is 4.35. The quantitative estimate of drug-likeness (QED) is 0.456. The van der Waals surface area contributed by atoms with E-state index in [9.17, 15) is 22.0 Å². The Bertz CT molecular complexity index is 665. The number of esters is 1. The van der Waals surface area contributed by atoms with Crippen LogP contribution in [0.4, 0.5) is 8.78 Å². The number of hydrogen-bond donors (Lipinski definition) is 1. The van der Waals surface area contributed by atoms with E-state index in [4.69, 9.17) is 4.55 Å². The zero-order valence-electron chi connectivity index (χ0n) is 18.7. The van der Waals surface area contributed by atoms with E-state index in [1.165, 1.54) is 0 Å². The van der Waals surface area contributed by atoms with Crippen molar-refractivity contribution in [3.05, 3.63) is 0 Å². The summed E-state index contributed by atoms with van der Waals surface area (Å²) in [7, 11) is -5.56. The smallest absolute Gasteiger partial charge is 0.402 e. The third-order valence-corrected chi connectivity index (χ3v) is 7.78. The minimum absolute atomic E-state index is 0.450. The van der Waals surface area contributed by atoms with Crippen LogP contribution in [0.25, 0.3) is 0 Å². The van der Waals surface area contributed by atoms with E-state index in [0.717, 1.165) is 25.8 Å². The molecule has 0 aliphatic heterocycles. The number of rotatable bonds is 7. The summed E-state index contributed by atoms with van der Waals surface area (Å²) in [6.07, 6.45) is 5.22. The highest BCUT2D eigenvalue weighted by atomic mass is 32.2. The van der Waals surface area contributed by atoms with Crippen molar-refractivity contribution in [3.63, 3.8) is 0 Å². The van der Waals surface area contributed by atoms with E-state index in [1.807, 2.05) is 0 Å². The Kier molecular flexibility index (Phi) is 7.95. The Balaban J connectivity index is 0.000000303. The van der Waals surface area contributed by atoms with E-state index in [-0.39, 0.29) is 0 Å². The third-order valence-electron chi connectivity index (χ3n) is 6.91. The maximum Gasteiger partial charge on any atom is 0.402 e. The van der Waals surface area contributed by atoms with E-state index in [0.29, 0.717) is 49.1 Å². The van der Waals surface area contributed by atoms with Gasteiger partial charge < -0.3 is 4.74 Å². The molecule has 1 N–H and O–H groups in total.